The van der Waals surface area contributed by atoms with Crippen molar-refractivity contribution < 1.29 is 9.90 Å². The maximum absolute atomic E-state index is 11.0. The van der Waals surface area contributed by atoms with Crippen molar-refractivity contribution in [2.45, 2.75) is 50.6 Å². The summed E-state index contributed by atoms with van der Waals surface area (Å²) in [5, 5.41) is 12.7. The van der Waals surface area contributed by atoms with E-state index >= 15 is 0 Å². The smallest absolute Gasteiger partial charge is 0.306 e. The zero-order valence-electron chi connectivity index (χ0n) is 10.7. The van der Waals surface area contributed by atoms with Gasteiger partial charge >= 0.3 is 5.97 Å². The molecule has 1 aliphatic carbocycles. The molecular formula is C13H24N2O2. The van der Waals surface area contributed by atoms with Crippen LogP contribution in [0.25, 0.3) is 0 Å². The van der Waals surface area contributed by atoms with E-state index in [0.717, 1.165) is 38.8 Å². The lowest BCUT2D eigenvalue weighted by molar-refractivity contribution is -0.143. The van der Waals surface area contributed by atoms with E-state index in [1.807, 2.05) is 0 Å². The third-order valence-corrected chi connectivity index (χ3v) is 4.21. The van der Waals surface area contributed by atoms with Crippen molar-refractivity contribution in [1.29, 1.82) is 0 Å². The summed E-state index contributed by atoms with van der Waals surface area (Å²) in [5.41, 5.74) is 0. The van der Waals surface area contributed by atoms with Crippen molar-refractivity contribution in [1.82, 2.24) is 10.2 Å². The molecule has 0 aromatic carbocycles. The first kappa shape index (κ1) is 12.8. The Morgan fingerprint density at radius 3 is 2.53 bits per heavy atom. The van der Waals surface area contributed by atoms with Gasteiger partial charge in [-0.3, -0.25) is 4.79 Å². The predicted molar refractivity (Wildman–Crippen MR) is 67.0 cm³/mol. The zero-order valence-corrected chi connectivity index (χ0v) is 10.7. The average Bonchev–Trinajstić information content (AvgIpc) is 2.32. The van der Waals surface area contributed by atoms with Crippen LogP contribution in [0, 0.1) is 5.92 Å². The molecule has 2 aliphatic rings. The van der Waals surface area contributed by atoms with Gasteiger partial charge in [-0.15, -0.1) is 0 Å². The zero-order chi connectivity index (χ0) is 12.3. The van der Waals surface area contributed by atoms with Crippen LogP contribution >= 0.6 is 0 Å². The summed E-state index contributed by atoms with van der Waals surface area (Å²) in [6, 6.07) is 1.03. The maximum Gasteiger partial charge on any atom is 0.306 e. The third kappa shape index (κ3) is 3.68. The maximum atomic E-state index is 11.0. The van der Waals surface area contributed by atoms with Crippen LogP contribution in [-0.2, 0) is 4.79 Å². The van der Waals surface area contributed by atoms with Crippen molar-refractivity contribution in [2.75, 3.05) is 20.1 Å². The summed E-state index contributed by atoms with van der Waals surface area (Å²) in [7, 11) is 2.16. The molecule has 0 radical (unpaired) electrons. The van der Waals surface area contributed by atoms with E-state index in [1.165, 1.54) is 12.8 Å². The molecule has 2 rings (SSSR count). The van der Waals surface area contributed by atoms with Gasteiger partial charge in [0, 0.05) is 12.1 Å². The first-order valence-corrected chi connectivity index (χ1v) is 6.82. The normalized spacial score (nSPS) is 32.5. The molecule has 4 nitrogen and oxygen atoms in total. The summed E-state index contributed by atoms with van der Waals surface area (Å²) in [6.07, 6.45) is 6.29. The summed E-state index contributed by atoms with van der Waals surface area (Å²) in [4.78, 5) is 13.4. The van der Waals surface area contributed by atoms with Crippen molar-refractivity contribution in [3.05, 3.63) is 0 Å². The van der Waals surface area contributed by atoms with Crippen LogP contribution < -0.4 is 5.32 Å². The van der Waals surface area contributed by atoms with E-state index in [1.54, 1.807) is 0 Å². The molecule has 0 aromatic heterocycles. The molecule has 17 heavy (non-hydrogen) atoms. The molecule has 0 amide bonds. The second-order valence-corrected chi connectivity index (χ2v) is 5.64. The highest BCUT2D eigenvalue weighted by Gasteiger charge is 2.28. The molecular weight excluding hydrogens is 216 g/mol. The van der Waals surface area contributed by atoms with Crippen LogP contribution in [0.3, 0.4) is 0 Å². The van der Waals surface area contributed by atoms with Crippen LogP contribution in [0.1, 0.15) is 38.5 Å². The van der Waals surface area contributed by atoms with Crippen LogP contribution in [-0.4, -0.2) is 48.2 Å². The quantitative estimate of drug-likeness (QED) is 0.781. The summed E-state index contributed by atoms with van der Waals surface area (Å²) >= 11 is 0. The number of nitrogens with one attached hydrogen (secondary N) is 1. The number of carboxylic acid groups (broad SMARTS) is 1. The minimum Gasteiger partial charge on any atom is -0.481 e. The lowest BCUT2D eigenvalue weighted by Gasteiger charge is -2.35. The molecule has 1 heterocycles. The van der Waals surface area contributed by atoms with Gasteiger partial charge in [-0.05, 0) is 52.2 Å². The molecule has 2 fully saturated rings. The van der Waals surface area contributed by atoms with E-state index in [2.05, 4.69) is 17.3 Å². The number of aliphatic carboxylic acids is 1. The first-order chi connectivity index (χ1) is 8.15. The van der Waals surface area contributed by atoms with Crippen molar-refractivity contribution in [3.63, 3.8) is 0 Å². The summed E-state index contributed by atoms with van der Waals surface area (Å²) in [6.45, 7) is 2.32. The van der Waals surface area contributed by atoms with Gasteiger partial charge in [0.25, 0.3) is 0 Å². The Kier molecular flexibility index (Phi) is 4.40. The summed E-state index contributed by atoms with van der Waals surface area (Å²) in [5.74, 6) is -0.729. The lowest BCUT2D eigenvalue weighted by atomic mass is 9.85. The number of piperidine rings is 1. The van der Waals surface area contributed by atoms with Crippen LogP contribution in [0.15, 0.2) is 0 Å². The third-order valence-electron chi connectivity index (χ3n) is 4.21. The molecule has 2 unspecified atom stereocenters. The van der Waals surface area contributed by atoms with E-state index in [9.17, 15) is 4.79 Å². The number of likely N-dealkylation sites (tertiary alicyclic amines) is 1. The molecule has 0 bridgehead atoms. The second-order valence-electron chi connectivity index (χ2n) is 5.64. The fraction of sp³-hybridized carbons (Fsp3) is 0.923. The second kappa shape index (κ2) is 5.83. The fourth-order valence-electron chi connectivity index (χ4n) is 3.07. The minimum atomic E-state index is -0.611. The first-order valence-electron chi connectivity index (χ1n) is 6.82. The minimum absolute atomic E-state index is 0.118. The van der Waals surface area contributed by atoms with Gasteiger partial charge in [0.05, 0.1) is 5.92 Å². The highest BCUT2D eigenvalue weighted by atomic mass is 16.4. The SMILES string of the molecule is CN1CCC(NC2CCCC(C(=O)O)C2)CC1. The molecule has 1 aliphatic heterocycles. The number of nitrogens with zero attached hydrogens (tertiary/aromatic N) is 1. The molecule has 2 atom stereocenters. The Morgan fingerprint density at radius 1 is 1.18 bits per heavy atom. The van der Waals surface area contributed by atoms with Crippen LogP contribution in [0.2, 0.25) is 0 Å². The largest absolute Gasteiger partial charge is 0.481 e. The number of carboxylic acids is 1. The van der Waals surface area contributed by atoms with E-state index in [4.69, 9.17) is 5.11 Å². The highest BCUT2D eigenvalue weighted by molar-refractivity contribution is 5.70. The van der Waals surface area contributed by atoms with Crippen LogP contribution in [0.4, 0.5) is 0 Å². The Morgan fingerprint density at radius 2 is 1.88 bits per heavy atom. The van der Waals surface area contributed by atoms with Crippen molar-refractivity contribution in [2.24, 2.45) is 5.92 Å². The molecule has 2 N–H and O–H groups in total. The van der Waals surface area contributed by atoms with Gasteiger partial charge in [-0.2, -0.15) is 0 Å². The number of hydrogen-bond donors (Lipinski definition) is 2. The monoisotopic (exact) mass is 240 g/mol. The lowest BCUT2D eigenvalue weighted by Crippen LogP contribution is -2.47. The Bertz CT molecular complexity index is 262. The van der Waals surface area contributed by atoms with Gasteiger partial charge < -0.3 is 15.3 Å². The highest BCUT2D eigenvalue weighted by Crippen LogP contribution is 2.25. The van der Waals surface area contributed by atoms with Gasteiger partial charge in [0.15, 0.2) is 0 Å². The molecule has 98 valence electrons. The van der Waals surface area contributed by atoms with E-state index in [0.29, 0.717) is 12.1 Å². The average molecular weight is 240 g/mol. The Balaban J connectivity index is 1.76. The number of carbonyl (C=O) groups is 1. The van der Waals surface area contributed by atoms with Gasteiger partial charge in [0.1, 0.15) is 0 Å². The van der Waals surface area contributed by atoms with Gasteiger partial charge in [-0.25, -0.2) is 0 Å². The van der Waals surface area contributed by atoms with Crippen molar-refractivity contribution >= 4 is 5.97 Å². The van der Waals surface area contributed by atoms with Crippen LogP contribution in [0.5, 0.6) is 0 Å². The molecule has 1 saturated carbocycles. The Hall–Kier alpha value is -0.610. The Labute approximate surface area is 103 Å². The predicted octanol–water partition coefficient (Wildman–Crippen LogP) is 1.31. The number of rotatable bonds is 3. The molecule has 4 heteroatoms. The standard InChI is InChI=1S/C13H24N2O2/c1-15-7-5-11(6-8-15)14-12-4-2-3-10(9-12)13(16)17/h10-12,14H,2-9H2,1H3,(H,16,17). The van der Waals surface area contributed by atoms with Gasteiger partial charge in [0.2, 0.25) is 0 Å². The molecule has 1 saturated heterocycles. The molecule has 0 spiro atoms. The molecule has 0 aromatic rings. The van der Waals surface area contributed by atoms with E-state index < -0.39 is 5.97 Å². The van der Waals surface area contributed by atoms with Gasteiger partial charge in [-0.1, -0.05) is 6.42 Å². The fourth-order valence-corrected chi connectivity index (χ4v) is 3.07. The van der Waals surface area contributed by atoms with Crippen molar-refractivity contribution in [3.8, 4) is 0 Å². The number of hydrogen-bond acceptors (Lipinski definition) is 3. The summed E-state index contributed by atoms with van der Waals surface area (Å²) < 4.78 is 0. The topological polar surface area (TPSA) is 52.6 Å². The van der Waals surface area contributed by atoms with E-state index in [-0.39, 0.29) is 5.92 Å².